The molecular formula is C7H8ClNO. The second-order valence-corrected chi connectivity index (χ2v) is 2.50. The van der Waals surface area contributed by atoms with E-state index in [9.17, 15) is 0 Å². The van der Waals surface area contributed by atoms with Crippen LogP contribution in [0.15, 0.2) is 24.3 Å². The molecule has 0 saturated carbocycles. The van der Waals surface area contributed by atoms with Crippen LogP contribution in [-0.4, -0.2) is 12.2 Å². The summed E-state index contributed by atoms with van der Waals surface area (Å²) in [5.74, 6) is 0.252. The van der Waals surface area contributed by atoms with Gasteiger partial charge in [0.25, 0.3) is 0 Å². The summed E-state index contributed by atoms with van der Waals surface area (Å²) >= 11 is 5.61. The Kier molecular flexibility index (Phi) is 2.02. The van der Waals surface area contributed by atoms with Crippen LogP contribution in [0.4, 0.5) is 5.69 Å². The first-order valence-corrected chi connectivity index (χ1v) is 3.22. The molecule has 0 aliphatic rings. The molecule has 0 fully saturated rings. The molecule has 0 saturated heterocycles. The van der Waals surface area contributed by atoms with Gasteiger partial charge in [0.05, 0.1) is 5.69 Å². The van der Waals surface area contributed by atoms with E-state index in [1.54, 1.807) is 31.3 Å². The Balaban J connectivity index is 2.89. The number of nitrogens with zero attached hydrogens (tertiary/aromatic N) is 1. The van der Waals surface area contributed by atoms with Gasteiger partial charge in [-0.3, -0.25) is 4.42 Å². The third kappa shape index (κ3) is 1.54. The van der Waals surface area contributed by atoms with Gasteiger partial charge >= 0.3 is 0 Å². The monoisotopic (exact) mass is 157 g/mol. The summed E-state index contributed by atoms with van der Waals surface area (Å²) in [5.41, 5.74) is 0.861. The molecule has 1 aromatic rings. The maximum atomic E-state index is 8.88. The fourth-order valence-electron chi connectivity index (χ4n) is 0.658. The number of benzene rings is 1. The highest BCUT2D eigenvalue weighted by atomic mass is 35.5. The van der Waals surface area contributed by atoms with Crippen LogP contribution in [0.5, 0.6) is 5.75 Å². The molecule has 1 rings (SSSR count). The van der Waals surface area contributed by atoms with Crippen LogP contribution in [-0.2, 0) is 0 Å². The smallest absolute Gasteiger partial charge is 0.115 e. The van der Waals surface area contributed by atoms with Crippen molar-refractivity contribution in [3.05, 3.63) is 24.3 Å². The minimum absolute atomic E-state index is 0.252. The molecule has 54 valence electrons. The van der Waals surface area contributed by atoms with Gasteiger partial charge in [0.15, 0.2) is 0 Å². The average Bonchev–Trinajstić information content (AvgIpc) is 1.88. The highest BCUT2D eigenvalue weighted by molar-refractivity contribution is 6.25. The lowest BCUT2D eigenvalue weighted by Gasteiger charge is -2.07. The Morgan fingerprint density at radius 1 is 1.30 bits per heavy atom. The molecule has 1 N–H and O–H groups in total. The van der Waals surface area contributed by atoms with Gasteiger partial charge in [-0.15, -0.1) is 0 Å². The number of anilines is 1. The molecule has 0 amide bonds. The van der Waals surface area contributed by atoms with Gasteiger partial charge in [0.1, 0.15) is 5.75 Å². The molecule has 0 heterocycles. The first kappa shape index (κ1) is 7.22. The standard InChI is InChI=1S/C7H8ClNO/c1-9(8)6-2-4-7(10)5-3-6/h2-5,10H,1H3. The van der Waals surface area contributed by atoms with Crippen molar-refractivity contribution in [2.24, 2.45) is 0 Å². The largest absolute Gasteiger partial charge is 0.508 e. The number of hydrogen-bond donors (Lipinski definition) is 1. The van der Waals surface area contributed by atoms with Crippen molar-refractivity contribution in [2.75, 3.05) is 11.5 Å². The molecule has 0 radical (unpaired) electrons. The van der Waals surface area contributed by atoms with Crippen molar-refractivity contribution in [2.45, 2.75) is 0 Å². The van der Waals surface area contributed by atoms with Crippen LogP contribution in [0.2, 0.25) is 0 Å². The molecule has 1 aromatic carbocycles. The summed E-state index contributed by atoms with van der Waals surface area (Å²) in [5, 5.41) is 8.88. The maximum Gasteiger partial charge on any atom is 0.115 e. The lowest BCUT2D eigenvalue weighted by atomic mass is 10.3. The zero-order valence-electron chi connectivity index (χ0n) is 5.58. The highest BCUT2D eigenvalue weighted by Gasteiger charge is 1.94. The number of phenolic OH excluding ortho intramolecular Hbond substituents is 1. The second-order valence-electron chi connectivity index (χ2n) is 1.99. The van der Waals surface area contributed by atoms with Gasteiger partial charge in [-0.1, -0.05) is 0 Å². The minimum Gasteiger partial charge on any atom is -0.508 e. The van der Waals surface area contributed by atoms with E-state index in [2.05, 4.69) is 0 Å². The molecule has 2 nitrogen and oxygen atoms in total. The van der Waals surface area contributed by atoms with Crippen molar-refractivity contribution in [3.8, 4) is 5.75 Å². The summed E-state index contributed by atoms with van der Waals surface area (Å²) in [6.07, 6.45) is 0. The van der Waals surface area contributed by atoms with Crippen LogP contribution in [0.25, 0.3) is 0 Å². The molecule has 0 aliphatic heterocycles. The number of aromatic hydroxyl groups is 1. The zero-order chi connectivity index (χ0) is 7.56. The Labute approximate surface area is 64.8 Å². The minimum atomic E-state index is 0.252. The van der Waals surface area contributed by atoms with Crippen LogP contribution in [0.1, 0.15) is 0 Å². The summed E-state index contributed by atoms with van der Waals surface area (Å²) < 4.78 is 1.46. The van der Waals surface area contributed by atoms with Crippen molar-refractivity contribution < 1.29 is 5.11 Å². The van der Waals surface area contributed by atoms with Crippen LogP contribution < -0.4 is 4.42 Å². The molecule has 3 heteroatoms. The van der Waals surface area contributed by atoms with E-state index in [4.69, 9.17) is 16.9 Å². The molecular weight excluding hydrogens is 150 g/mol. The van der Waals surface area contributed by atoms with E-state index < -0.39 is 0 Å². The Bertz CT molecular complexity index is 207. The first-order chi connectivity index (χ1) is 4.70. The molecule has 0 aliphatic carbocycles. The quantitative estimate of drug-likeness (QED) is 0.631. The van der Waals surface area contributed by atoms with Crippen molar-refractivity contribution in [1.29, 1.82) is 0 Å². The van der Waals surface area contributed by atoms with E-state index in [1.165, 1.54) is 4.42 Å². The zero-order valence-corrected chi connectivity index (χ0v) is 6.34. The van der Waals surface area contributed by atoms with Gasteiger partial charge < -0.3 is 5.11 Å². The van der Waals surface area contributed by atoms with E-state index in [0.29, 0.717) is 0 Å². The highest BCUT2D eigenvalue weighted by Crippen LogP contribution is 2.17. The van der Waals surface area contributed by atoms with E-state index >= 15 is 0 Å². The summed E-state index contributed by atoms with van der Waals surface area (Å²) in [7, 11) is 1.73. The fraction of sp³-hybridized carbons (Fsp3) is 0.143. The third-order valence-electron chi connectivity index (χ3n) is 1.21. The Morgan fingerprint density at radius 2 is 1.80 bits per heavy atom. The third-order valence-corrected chi connectivity index (χ3v) is 1.40. The number of phenols is 1. The molecule has 10 heavy (non-hydrogen) atoms. The van der Waals surface area contributed by atoms with Gasteiger partial charge in [-0.2, -0.15) is 0 Å². The molecule has 0 aromatic heterocycles. The number of rotatable bonds is 1. The van der Waals surface area contributed by atoms with Gasteiger partial charge in [-0.25, -0.2) is 0 Å². The second kappa shape index (κ2) is 2.80. The lowest BCUT2D eigenvalue weighted by Crippen LogP contribution is -1.98. The van der Waals surface area contributed by atoms with Crippen molar-refractivity contribution >= 4 is 17.5 Å². The predicted molar refractivity (Wildman–Crippen MR) is 42.4 cm³/mol. The van der Waals surface area contributed by atoms with Crippen LogP contribution in [0.3, 0.4) is 0 Å². The van der Waals surface area contributed by atoms with Crippen molar-refractivity contribution in [3.63, 3.8) is 0 Å². The van der Waals surface area contributed by atoms with Crippen molar-refractivity contribution in [1.82, 2.24) is 0 Å². The van der Waals surface area contributed by atoms with Gasteiger partial charge in [0, 0.05) is 18.8 Å². The summed E-state index contributed by atoms with van der Waals surface area (Å²) in [6.45, 7) is 0. The van der Waals surface area contributed by atoms with E-state index in [1.807, 2.05) is 0 Å². The molecule has 0 spiro atoms. The van der Waals surface area contributed by atoms with Gasteiger partial charge in [-0.05, 0) is 24.3 Å². The van der Waals surface area contributed by atoms with Gasteiger partial charge in [0.2, 0.25) is 0 Å². The van der Waals surface area contributed by atoms with E-state index in [-0.39, 0.29) is 5.75 Å². The molecule has 0 atom stereocenters. The van der Waals surface area contributed by atoms with E-state index in [0.717, 1.165) is 5.69 Å². The Morgan fingerprint density at radius 3 is 2.20 bits per heavy atom. The number of hydrogen-bond acceptors (Lipinski definition) is 2. The first-order valence-electron chi connectivity index (χ1n) is 2.88. The molecule has 0 bridgehead atoms. The topological polar surface area (TPSA) is 23.5 Å². The molecule has 0 unspecified atom stereocenters. The normalized spacial score (nSPS) is 9.40. The van der Waals surface area contributed by atoms with Crippen LogP contribution >= 0.6 is 11.8 Å². The fourth-order valence-corrected chi connectivity index (χ4v) is 0.771. The SMILES string of the molecule is CN(Cl)c1ccc(O)cc1. The maximum absolute atomic E-state index is 8.88. The van der Waals surface area contributed by atoms with Crippen LogP contribution in [0, 0.1) is 0 Å². The predicted octanol–water partition coefficient (Wildman–Crippen LogP) is 1.98. The summed E-state index contributed by atoms with van der Waals surface area (Å²) in [6, 6.07) is 6.66. The Hall–Kier alpha value is -0.890. The number of halogens is 1. The lowest BCUT2D eigenvalue weighted by molar-refractivity contribution is 0.475. The average molecular weight is 158 g/mol. The summed E-state index contributed by atoms with van der Waals surface area (Å²) in [4.78, 5) is 0.